The van der Waals surface area contributed by atoms with E-state index in [1.807, 2.05) is 62.5 Å². The third-order valence-corrected chi connectivity index (χ3v) is 4.90. The van der Waals surface area contributed by atoms with Gasteiger partial charge in [-0.15, -0.1) is 0 Å². The molecule has 0 spiro atoms. The van der Waals surface area contributed by atoms with E-state index in [9.17, 15) is 9.59 Å². The Morgan fingerprint density at radius 3 is 2.43 bits per heavy atom. The van der Waals surface area contributed by atoms with Gasteiger partial charge in [-0.05, 0) is 30.2 Å². The van der Waals surface area contributed by atoms with Gasteiger partial charge in [0.1, 0.15) is 0 Å². The van der Waals surface area contributed by atoms with Crippen LogP contribution in [0.4, 0.5) is 11.4 Å². The highest BCUT2D eigenvalue weighted by molar-refractivity contribution is 6.24. The first-order valence-electron chi connectivity index (χ1n) is 7.83. The number of benzene rings is 2. The maximum atomic E-state index is 13.0. The van der Waals surface area contributed by atoms with E-state index >= 15 is 0 Å². The summed E-state index contributed by atoms with van der Waals surface area (Å²) >= 11 is 0. The molecule has 2 heterocycles. The van der Waals surface area contributed by atoms with Crippen molar-refractivity contribution in [1.29, 1.82) is 0 Å². The molecule has 0 aromatic heterocycles. The Bertz CT molecular complexity index is 800. The molecule has 116 valence electrons. The fraction of sp³-hybridized carbons (Fsp3) is 0.263. The van der Waals surface area contributed by atoms with Crippen molar-refractivity contribution in [2.75, 3.05) is 23.4 Å². The van der Waals surface area contributed by atoms with Crippen molar-refractivity contribution in [3.05, 3.63) is 59.7 Å². The molecule has 0 radical (unpaired) electrons. The fourth-order valence-corrected chi connectivity index (χ4v) is 3.93. The van der Waals surface area contributed by atoms with Gasteiger partial charge >= 0.3 is 0 Å². The molecule has 2 amide bonds. The monoisotopic (exact) mass is 306 g/mol. The highest BCUT2D eigenvalue weighted by Gasteiger charge is 2.52. The highest BCUT2D eigenvalue weighted by atomic mass is 16.2. The van der Waals surface area contributed by atoms with E-state index in [0.717, 1.165) is 16.8 Å². The molecule has 0 bridgehead atoms. The lowest BCUT2D eigenvalue weighted by atomic mass is 9.82. The molecule has 0 aliphatic carbocycles. The van der Waals surface area contributed by atoms with Gasteiger partial charge < -0.3 is 4.90 Å². The molecule has 23 heavy (non-hydrogen) atoms. The lowest BCUT2D eigenvalue weighted by Crippen LogP contribution is -2.37. The SMILES string of the molecule is Cc1cccc2c1N(C)CC1C(=O)N(c3ccccc3)C(=O)C21. The Kier molecular flexibility index (Phi) is 3.01. The Morgan fingerprint density at radius 1 is 0.957 bits per heavy atom. The number of para-hydroxylation sites is 2. The molecule has 4 rings (SSSR count). The number of nitrogens with zero attached hydrogens (tertiary/aromatic N) is 2. The first-order chi connectivity index (χ1) is 11.1. The van der Waals surface area contributed by atoms with Crippen molar-refractivity contribution < 1.29 is 9.59 Å². The number of anilines is 2. The van der Waals surface area contributed by atoms with Crippen molar-refractivity contribution >= 4 is 23.2 Å². The summed E-state index contributed by atoms with van der Waals surface area (Å²) in [6, 6.07) is 15.2. The topological polar surface area (TPSA) is 40.6 Å². The van der Waals surface area contributed by atoms with Crippen LogP contribution in [0.3, 0.4) is 0 Å². The molecule has 1 saturated heterocycles. The summed E-state index contributed by atoms with van der Waals surface area (Å²) < 4.78 is 0. The fourth-order valence-electron chi connectivity index (χ4n) is 3.93. The van der Waals surface area contributed by atoms with Crippen LogP contribution in [0.25, 0.3) is 0 Å². The van der Waals surface area contributed by atoms with Crippen LogP contribution < -0.4 is 9.80 Å². The molecule has 2 aliphatic rings. The first-order valence-corrected chi connectivity index (χ1v) is 7.83. The quantitative estimate of drug-likeness (QED) is 0.761. The van der Waals surface area contributed by atoms with Gasteiger partial charge in [0.15, 0.2) is 0 Å². The minimum absolute atomic E-state index is 0.0924. The van der Waals surface area contributed by atoms with Crippen molar-refractivity contribution in [1.82, 2.24) is 0 Å². The van der Waals surface area contributed by atoms with Crippen molar-refractivity contribution in [2.45, 2.75) is 12.8 Å². The average Bonchev–Trinajstić information content (AvgIpc) is 2.79. The summed E-state index contributed by atoms with van der Waals surface area (Å²) in [6.45, 7) is 2.63. The number of carbonyl (C=O) groups excluding carboxylic acids is 2. The highest BCUT2D eigenvalue weighted by Crippen LogP contribution is 2.46. The van der Waals surface area contributed by atoms with E-state index in [4.69, 9.17) is 0 Å². The van der Waals surface area contributed by atoms with Crippen LogP contribution in [0.1, 0.15) is 17.0 Å². The summed E-state index contributed by atoms with van der Waals surface area (Å²) in [4.78, 5) is 29.4. The van der Waals surface area contributed by atoms with E-state index < -0.39 is 0 Å². The van der Waals surface area contributed by atoms with E-state index in [-0.39, 0.29) is 23.7 Å². The maximum Gasteiger partial charge on any atom is 0.242 e. The van der Waals surface area contributed by atoms with Gasteiger partial charge in [-0.1, -0.05) is 36.4 Å². The predicted molar refractivity (Wildman–Crippen MR) is 89.6 cm³/mol. The van der Waals surface area contributed by atoms with Gasteiger partial charge in [-0.2, -0.15) is 0 Å². The van der Waals surface area contributed by atoms with Gasteiger partial charge in [0.25, 0.3) is 0 Å². The molecule has 2 aromatic carbocycles. The summed E-state index contributed by atoms with van der Waals surface area (Å²) in [6.07, 6.45) is 0. The van der Waals surface area contributed by atoms with Crippen LogP contribution in [0.5, 0.6) is 0 Å². The predicted octanol–water partition coefficient (Wildman–Crippen LogP) is 2.72. The smallest absolute Gasteiger partial charge is 0.242 e. The molecule has 2 aliphatic heterocycles. The minimum atomic E-state index is -0.367. The number of rotatable bonds is 1. The van der Waals surface area contributed by atoms with Crippen molar-refractivity contribution in [3.63, 3.8) is 0 Å². The van der Waals surface area contributed by atoms with Crippen LogP contribution in [-0.2, 0) is 9.59 Å². The molecule has 2 unspecified atom stereocenters. The second-order valence-corrected chi connectivity index (χ2v) is 6.32. The second-order valence-electron chi connectivity index (χ2n) is 6.32. The van der Waals surface area contributed by atoms with Gasteiger partial charge in [0.2, 0.25) is 11.8 Å². The van der Waals surface area contributed by atoms with Crippen LogP contribution in [-0.4, -0.2) is 25.4 Å². The Hall–Kier alpha value is -2.62. The maximum absolute atomic E-state index is 13.0. The lowest BCUT2D eigenvalue weighted by molar-refractivity contribution is -0.122. The number of amides is 2. The van der Waals surface area contributed by atoms with E-state index in [0.29, 0.717) is 12.2 Å². The summed E-state index contributed by atoms with van der Waals surface area (Å²) in [5.74, 6) is -0.868. The molecular formula is C19H18N2O2. The molecule has 1 fully saturated rings. The Balaban J connectivity index is 1.84. The van der Waals surface area contributed by atoms with Gasteiger partial charge in [0.05, 0.1) is 17.5 Å². The van der Waals surface area contributed by atoms with E-state index in [1.54, 1.807) is 0 Å². The van der Waals surface area contributed by atoms with E-state index in [1.165, 1.54) is 4.90 Å². The van der Waals surface area contributed by atoms with Crippen LogP contribution in [0.15, 0.2) is 48.5 Å². The normalized spacial score (nSPS) is 23.0. The number of fused-ring (bicyclic) bond motifs is 3. The number of hydrogen-bond donors (Lipinski definition) is 0. The van der Waals surface area contributed by atoms with Crippen LogP contribution in [0.2, 0.25) is 0 Å². The molecule has 2 atom stereocenters. The number of imide groups is 1. The van der Waals surface area contributed by atoms with E-state index in [2.05, 4.69) is 4.90 Å². The summed E-state index contributed by atoms with van der Waals surface area (Å²) in [5, 5.41) is 0. The van der Waals surface area contributed by atoms with Gasteiger partial charge in [-0.3, -0.25) is 9.59 Å². The lowest BCUT2D eigenvalue weighted by Gasteiger charge is -2.34. The zero-order chi connectivity index (χ0) is 16.1. The molecule has 0 saturated carbocycles. The minimum Gasteiger partial charge on any atom is -0.373 e. The molecule has 4 heteroatoms. The Morgan fingerprint density at radius 2 is 1.70 bits per heavy atom. The standard InChI is InChI=1S/C19H18N2O2/c1-12-7-6-10-14-16-15(11-20(2)17(12)14)18(22)21(19(16)23)13-8-4-3-5-9-13/h3-10,15-16H,11H2,1-2H3. The number of aryl methyl sites for hydroxylation is 1. The summed E-state index contributed by atoms with van der Waals surface area (Å²) in [7, 11) is 1.99. The Labute approximate surface area is 135 Å². The first kappa shape index (κ1) is 14.0. The third kappa shape index (κ3) is 1.91. The van der Waals surface area contributed by atoms with Gasteiger partial charge in [0, 0.05) is 19.3 Å². The third-order valence-electron chi connectivity index (χ3n) is 4.90. The molecule has 0 N–H and O–H groups in total. The number of carbonyl (C=O) groups is 2. The second kappa shape index (κ2) is 4.95. The van der Waals surface area contributed by atoms with Gasteiger partial charge in [-0.25, -0.2) is 4.90 Å². The largest absolute Gasteiger partial charge is 0.373 e. The van der Waals surface area contributed by atoms with Crippen LogP contribution in [0, 0.1) is 12.8 Å². The van der Waals surface area contributed by atoms with Crippen molar-refractivity contribution in [2.24, 2.45) is 5.92 Å². The zero-order valence-electron chi connectivity index (χ0n) is 13.2. The zero-order valence-corrected chi connectivity index (χ0v) is 13.2. The molecular weight excluding hydrogens is 288 g/mol. The molecule has 4 nitrogen and oxygen atoms in total. The summed E-state index contributed by atoms with van der Waals surface area (Å²) in [5.41, 5.74) is 3.86. The van der Waals surface area contributed by atoms with Crippen molar-refractivity contribution in [3.8, 4) is 0 Å². The average molecular weight is 306 g/mol. The van der Waals surface area contributed by atoms with Crippen LogP contribution >= 0.6 is 0 Å². The molecule has 2 aromatic rings. The number of hydrogen-bond acceptors (Lipinski definition) is 3.